The molecule has 4 rings (SSSR count). The quantitative estimate of drug-likeness (QED) is 0.395. The zero-order chi connectivity index (χ0) is 24.7. The van der Waals surface area contributed by atoms with Gasteiger partial charge in [-0.25, -0.2) is 4.79 Å². The van der Waals surface area contributed by atoms with Crippen LogP contribution in [0.15, 0.2) is 48.5 Å². The second-order valence-corrected chi connectivity index (χ2v) is 9.67. The minimum Gasteiger partial charge on any atom is -0.481 e. The minimum absolute atomic E-state index is 0.0111. The monoisotopic (exact) mass is 478 g/mol. The summed E-state index contributed by atoms with van der Waals surface area (Å²) in [6.07, 6.45) is 5.53. The van der Waals surface area contributed by atoms with Crippen LogP contribution in [-0.4, -0.2) is 41.8 Å². The summed E-state index contributed by atoms with van der Waals surface area (Å²) in [5.41, 5.74) is 4.19. The number of benzene rings is 2. The zero-order valence-electron chi connectivity index (χ0n) is 20.1. The third-order valence-corrected chi connectivity index (χ3v) is 7.15. The highest BCUT2D eigenvalue weighted by molar-refractivity contribution is 5.79. The molecule has 2 aliphatic carbocycles. The molecule has 0 bridgehead atoms. The topological polar surface area (TPSA) is 105 Å². The molecule has 2 aromatic rings. The van der Waals surface area contributed by atoms with Crippen LogP contribution in [0.25, 0.3) is 11.1 Å². The molecule has 0 aromatic heterocycles. The fraction of sp³-hybridized carbons (Fsp3) is 0.464. The van der Waals surface area contributed by atoms with E-state index in [1.54, 1.807) is 0 Å². The lowest BCUT2D eigenvalue weighted by atomic mass is 9.93. The van der Waals surface area contributed by atoms with Crippen molar-refractivity contribution in [2.75, 3.05) is 13.2 Å². The molecule has 7 heteroatoms. The van der Waals surface area contributed by atoms with E-state index >= 15 is 0 Å². The van der Waals surface area contributed by atoms with Gasteiger partial charge < -0.3 is 20.5 Å². The van der Waals surface area contributed by atoms with Crippen molar-refractivity contribution in [2.24, 2.45) is 0 Å². The van der Waals surface area contributed by atoms with E-state index in [2.05, 4.69) is 34.9 Å². The Morgan fingerprint density at radius 2 is 1.54 bits per heavy atom. The highest BCUT2D eigenvalue weighted by atomic mass is 16.5. The molecule has 3 N–H and O–H groups in total. The van der Waals surface area contributed by atoms with Crippen molar-refractivity contribution >= 4 is 18.0 Å². The average Bonchev–Trinajstić information content (AvgIpc) is 3.41. The molecule has 186 valence electrons. The summed E-state index contributed by atoms with van der Waals surface area (Å²) in [6.45, 7) is 0.777. The van der Waals surface area contributed by atoms with Crippen LogP contribution in [0.5, 0.6) is 0 Å². The SMILES string of the molecule is O=C(O)CC1(NC(=O)CCCCCNC(=O)OCC2c3ccccc3-c3ccccc32)CCCC1. The number of hydrogen-bond donors (Lipinski definition) is 3. The molecule has 1 saturated carbocycles. The number of amides is 2. The molecule has 0 saturated heterocycles. The lowest BCUT2D eigenvalue weighted by Gasteiger charge is -2.28. The van der Waals surface area contributed by atoms with Gasteiger partial charge in [0.15, 0.2) is 0 Å². The van der Waals surface area contributed by atoms with Gasteiger partial charge in [0.25, 0.3) is 0 Å². The van der Waals surface area contributed by atoms with Crippen molar-refractivity contribution < 1.29 is 24.2 Å². The summed E-state index contributed by atoms with van der Waals surface area (Å²) in [6, 6.07) is 16.5. The number of ether oxygens (including phenoxy) is 1. The Hall–Kier alpha value is -3.35. The summed E-state index contributed by atoms with van der Waals surface area (Å²) < 4.78 is 5.54. The van der Waals surface area contributed by atoms with E-state index in [1.807, 2.05) is 24.3 Å². The zero-order valence-corrected chi connectivity index (χ0v) is 20.1. The number of alkyl carbamates (subject to hydrolysis) is 1. The molecule has 0 radical (unpaired) electrons. The van der Waals surface area contributed by atoms with Crippen LogP contribution >= 0.6 is 0 Å². The molecule has 2 amide bonds. The first kappa shape index (κ1) is 24.8. The molecule has 7 nitrogen and oxygen atoms in total. The Morgan fingerprint density at radius 1 is 0.914 bits per heavy atom. The fourth-order valence-corrected chi connectivity index (χ4v) is 5.47. The van der Waals surface area contributed by atoms with Crippen LogP contribution in [0, 0.1) is 0 Å². The molecule has 0 spiro atoms. The third-order valence-electron chi connectivity index (χ3n) is 7.15. The number of nitrogens with one attached hydrogen (secondary N) is 2. The Morgan fingerprint density at radius 3 is 2.17 bits per heavy atom. The third kappa shape index (κ3) is 6.21. The predicted molar refractivity (Wildman–Crippen MR) is 133 cm³/mol. The molecule has 1 fully saturated rings. The molecule has 0 atom stereocenters. The number of unbranched alkanes of at least 4 members (excludes halogenated alkanes) is 2. The number of carboxylic acid groups (broad SMARTS) is 1. The Bertz CT molecular complexity index is 1020. The first-order chi connectivity index (χ1) is 17.0. The van der Waals surface area contributed by atoms with Crippen molar-refractivity contribution in [3.8, 4) is 11.1 Å². The van der Waals surface area contributed by atoms with E-state index in [-0.39, 0.29) is 24.9 Å². The summed E-state index contributed by atoms with van der Waals surface area (Å²) >= 11 is 0. The van der Waals surface area contributed by atoms with Gasteiger partial charge in [0.05, 0.1) is 12.0 Å². The van der Waals surface area contributed by atoms with E-state index in [4.69, 9.17) is 9.84 Å². The van der Waals surface area contributed by atoms with Crippen molar-refractivity contribution in [1.29, 1.82) is 0 Å². The number of carboxylic acids is 1. The second kappa shape index (κ2) is 11.4. The summed E-state index contributed by atoms with van der Waals surface area (Å²) in [5.74, 6) is -0.917. The van der Waals surface area contributed by atoms with Gasteiger partial charge in [-0.15, -0.1) is 0 Å². The fourth-order valence-electron chi connectivity index (χ4n) is 5.47. The lowest BCUT2D eigenvalue weighted by Crippen LogP contribution is -2.47. The van der Waals surface area contributed by atoms with Gasteiger partial charge in [0.1, 0.15) is 6.61 Å². The van der Waals surface area contributed by atoms with Crippen LogP contribution in [0.1, 0.15) is 74.8 Å². The Labute approximate surface area is 206 Å². The summed E-state index contributed by atoms with van der Waals surface area (Å²) in [5, 5.41) is 14.9. The number of carbonyl (C=O) groups excluding carboxylic acids is 2. The van der Waals surface area contributed by atoms with Gasteiger partial charge in [-0.3, -0.25) is 9.59 Å². The van der Waals surface area contributed by atoms with Crippen LogP contribution in [0.2, 0.25) is 0 Å². The second-order valence-electron chi connectivity index (χ2n) is 9.67. The van der Waals surface area contributed by atoms with E-state index in [1.165, 1.54) is 22.3 Å². The van der Waals surface area contributed by atoms with Gasteiger partial charge >= 0.3 is 12.1 Å². The number of carbonyl (C=O) groups is 3. The maximum Gasteiger partial charge on any atom is 0.407 e. The molecule has 2 aromatic carbocycles. The van der Waals surface area contributed by atoms with Gasteiger partial charge in [0, 0.05) is 18.9 Å². The van der Waals surface area contributed by atoms with Gasteiger partial charge in [-0.05, 0) is 47.9 Å². The highest BCUT2D eigenvalue weighted by Crippen LogP contribution is 2.44. The highest BCUT2D eigenvalue weighted by Gasteiger charge is 2.37. The van der Waals surface area contributed by atoms with Crippen LogP contribution in [-0.2, 0) is 14.3 Å². The Kier molecular flexibility index (Phi) is 8.06. The normalized spacial score (nSPS) is 15.8. The van der Waals surface area contributed by atoms with E-state index in [0.717, 1.165) is 38.5 Å². The van der Waals surface area contributed by atoms with Crippen LogP contribution in [0.4, 0.5) is 4.79 Å². The smallest absolute Gasteiger partial charge is 0.407 e. The molecule has 0 heterocycles. The molecular weight excluding hydrogens is 444 g/mol. The van der Waals surface area contributed by atoms with Gasteiger partial charge in [0.2, 0.25) is 5.91 Å². The molecular formula is C28H34N2O5. The number of aliphatic carboxylic acids is 1. The van der Waals surface area contributed by atoms with Crippen molar-refractivity contribution in [1.82, 2.24) is 10.6 Å². The predicted octanol–water partition coefficient (Wildman–Crippen LogP) is 4.99. The average molecular weight is 479 g/mol. The minimum atomic E-state index is -0.869. The van der Waals surface area contributed by atoms with Crippen molar-refractivity contribution in [2.45, 2.75) is 69.2 Å². The van der Waals surface area contributed by atoms with Crippen LogP contribution < -0.4 is 10.6 Å². The molecule has 0 unspecified atom stereocenters. The first-order valence-electron chi connectivity index (χ1n) is 12.6. The van der Waals surface area contributed by atoms with Crippen molar-refractivity contribution in [3.63, 3.8) is 0 Å². The van der Waals surface area contributed by atoms with E-state index in [9.17, 15) is 14.4 Å². The standard InChI is InChI=1S/C28H34N2O5/c31-25(30-28(18-26(32)33)15-7-8-16-28)14-2-1-9-17-29-27(34)35-19-24-22-12-5-3-10-20(22)21-11-4-6-13-23(21)24/h3-6,10-13,24H,1-2,7-9,14-19H2,(H,29,34)(H,30,31)(H,32,33). The Balaban J connectivity index is 1.13. The maximum absolute atomic E-state index is 12.3. The number of rotatable bonds is 11. The summed E-state index contributed by atoms with van der Waals surface area (Å²) in [7, 11) is 0. The van der Waals surface area contributed by atoms with E-state index < -0.39 is 17.6 Å². The first-order valence-corrected chi connectivity index (χ1v) is 12.6. The summed E-state index contributed by atoms with van der Waals surface area (Å²) in [4.78, 5) is 35.7. The number of hydrogen-bond acceptors (Lipinski definition) is 4. The van der Waals surface area contributed by atoms with Gasteiger partial charge in [-0.2, -0.15) is 0 Å². The maximum atomic E-state index is 12.3. The van der Waals surface area contributed by atoms with Crippen LogP contribution in [0.3, 0.4) is 0 Å². The lowest BCUT2D eigenvalue weighted by molar-refractivity contribution is -0.139. The molecule has 2 aliphatic rings. The largest absolute Gasteiger partial charge is 0.481 e. The van der Waals surface area contributed by atoms with E-state index in [0.29, 0.717) is 19.4 Å². The molecule has 0 aliphatic heterocycles. The van der Waals surface area contributed by atoms with Crippen molar-refractivity contribution in [3.05, 3.63) is 59.7 Å². The van der Waals surface area contributed by atoms with Gasteiger partial charge in [-0.1, -0.05) is 67.8 Å². The molecule has 35 heavy (non-hydrogen) atoms. The number of fused-ring (bicyclic) bond motifs is 3.